The van der Waals surface area contributed by atoms with Crippen LogP contribution >= 0.6 is 0 Å². The summed E-state index contributed by atoms with van der Waals surface area (Å²) in [5, 5.41) is 4.65. The van der Waals surface area contributed by atoms with E-state index in [9.17, 15) is 0 Å². The molecule has 4 aromatic carbocycles. The number of hydrogen-bond donors (Lipinski definition) is 0. The summed E-state index contributed by atoms with van der Waals surface area (Å²) >= 11 is 0. The second-order valence-electron chi connectivity index (χ2n) is 8.15. The number of nitrogens with zero attached hydrogens (tertiary/aromatic N) is 1. The summed E-state index contributed by atoms with van der Waals surface area (Å²) in [5.41, 5.74) is 8.57. The van der Waals surface area contributed by atoms with Crippen molar-refractivity contribution in [2.45, 2.75) is 13.8 Å². The molecule has 0 unspecified atom stereocenters. The number of aromatic nitrogens is 1. The van der Waals surface area contributed by atoms with Crippen LogP contribution in [0.15, 0.2) is 95.5 Å². The van der Waals surface area contributed by atoms with Gasteiger partial charge in [-0.15, -0.1) is 0 Å². The van der Waals surface area contributed by atoms with Crippen LogP contribution in [0.4, 0.5) is 0 Å². The van der Waals surface area contributed by atoms with Gasteiger partial charge in [-0.25, -0.2) is 0 Å². The van der Waals surface area contributed by atoms with Crippen LogP contribution in [0.25, 0.3) is 55.1 Å². The van der Waals surface area contributed by atoms with Gasteiger partial charge in [0.05, 0.1) is 5.69 Å². The molecule has 31 heavy (non-hydrogen) atoms. The molecule has 0 amide bonds. The quantitative estimate of drug-likeness (QED) is 0.294. The molecule has 0 atom stereocenters. The van der Waals surface area contributed by atoms with Gasteiger partial charge in [-0.1, -0.05) is 66.7 Å². The van der Waals surface area contributed by atoms with E-state index in [0.29, 0.717) is 0 Å². The van der Waals surface area contributed by atoms with Gasteiger partial charge in [0, 0.05) is 27.9 Å². The first kappa shape index (κ1) is 17.9. The Morgan fingerprint density at radius 1 is 0.645 bits per heavy atom. The van der Waals surface area contributed by atoms with E-state index in [4.69, 9.17) is 9.40 Å². The highest BCUT2D eigenvalue weighted by molar-refractivity contribution is 6.18. The van der Waals surface area contributed by atoms with Crippen LogP contribution in [0, 0.1) is 13.8 Å². The van der Waals surface area contributed by atoms with Crippen molar-refractivity contribution in [1.82, 2.24) is 4.98 Å². The third-order valence-corrected chi connectivity index (χ3v) is 6.18. The number of hydrogen-bond acceptors (Lipinski definition) is 2. The van der Waals surface area contributed by atoms with E-state index in [0.717, 1.165) is 38.8 Å². The Balaban J connectivity index is 1.66. The van der Waals surface area contributed by atoms with E-state index in [2.05, 4.69) is 92.7 Å². The van der Waals surface area contributed by atoms with Gasteiger partial charge in [0.2, 0.25) is 0 Å². The molecule has 0 saturated heterocycles. The molecule has 0 aliphatic rings. The zero-order chi connectivity index (χ0) is 20.9. The Labute approximate surface area is 180 Å². The van der Waals surface area contributed by atoms with Crippen LogP contribution in [-0.4, -0.2) is 4.98 Å². The first-order chi connectivity index (χ1) is 15.2. The normalized spacial score (nSPS) is 11.5. The average Bonchev–Trinajstić information content (AvgIpc) is 3.21. The molecule has 0 aliphatic heterocycles. The highest BCUT2D eigenvalue weighted by Crippen LogP contribution is 2.40. The summed E-state index contributed by atoms with van der Waals surface area (Å²) in [7, 11) is 0. The molecule has 0 fully saturated rings. The Bertz CT molecular complexity index is 1590. The highest BCUT2D eigenvalue weighted by atomic mass is 16.3. The summed E-state index contributed by atoms with van der Waals surface area (Å²) in [5.74, 6) is 0. The molecule has 6 aromatic rings. The van der Waals surface area contributed by atoms with E-state index >= 15 is 0 Å². The second-order valence-corrected chi connectivity index (χ2v) is 8.15. The van der Waals surface area contributed by atoms with Crippen LogP contribution in [0.3, 0.4) is 0 Å². The minimum Gasteiger partial charge on any atom is -0.455 e. The Hall–Kier alpha value is -3.91. The van der Waals surface area contributed by atoms with Crippen LogP contribution in [-0.2, 0) is 0 Å². The van der Waals surface area contributed by atoms with E-state index in [-0.39, 0.29) is 0 Å². The van der Waals surface area contributed by atoms with Gasteiger partial charge in [-0.2, -0.15) is 0 Å². The Kier molecular flexibility index (Phi) is 3.94. The van der Waals surface area contributed by atoms with Gasteiger partial charge >= 0.3 is 0 Å². The summed E-state index contributed by atoms with van der Waals surface area (Å²) < 4.78 is 6.57. The van der Waals surface area contributed by atoms with E-state index < -0.39 is 0 Å². The van der Waals surface area contributed by atoms with Crippen molar-refractivity contribution in [1.29, 1.82) is 0 Å². The van der Waals surface area contributed by atoms with Crippen molar-refractivity contribution >= 4 is 32.7 Å². The van der Waals surface area contributed by atoms with Crippen molar-refractivity contribution in [3.63, 3.8) is 0 Å². The minimum atomic E-state index is 0.904. The summed E-state index contributed by atoms with van der Waals surface area (Å²) in [6.07, 6.45) is 1.96. The van der Waals surface area contributed by atoms with Crippen molar-refractivity contribution in [3.8, 4) is 22.4 Å². The van der Waals surface area contributed by atoms with Gasteiger partial charge in [0.25, 0.3) is 0 Å². The third-order valence-electron chi connectivity index (χ3n) is 6.18. The molecule has 2 heterocycles. The molecule has 0 aliphatic carbocycles. The Morgan fingerprint density at radius 3 is 2.32 bits per heavy atom. The fourth-order valence-electron chi connectivity index (χ4n) is 4.58. The molecule has 2 heteroatoms. The SMILES string of the molecule is Cc1cnc(-c2ccc(C)c3c2oc2c4ccccc4ccc23)cc1-c1ccccc1. The predicted molar refractivity (Wildman–Crippen MR) is 129 cm³/mol. The Morgan fingerprint density at radius 2 is 1.45 bits per heavy atom. The maximum absolute atomic E-state index is 6.57. The average molecular weight is 399 g/mol. The highest BCUT2D eigenvalue weighted by Gasteiger charge is 2.17. The number of aryl methyl sites for hydroxylation is 2. The number of benzene rings is 4. The van der Waals surface area contributed by atoms with Crippen molar-refractivity contribution in [3.05, 3.63) is 102 Å². The van der Waals surface area contributed by atoms with Gasteiger partial charge in [-0.05, 0) is 59.7 Å². The molecule has 0 bridgehead atoms. The smallest absolute Gasteiger partial charge is 0.145 e. The topological polar surface area (TPSA) is 26.0 Å². The zero-order valence-electron chi connectivity index (χ0n) is 17.5. The lowest BCUT2D eigenvalue weighted by Crippen LogP contribution is -1.90. The van der Waals surface area contributed by atoms with E-state index in [1.54, 1.807) is 0 Å². The zero-order valence-corrected chi connectivity index (χ0v) is 17.5. The second kappa shape index (κ2) is 6.82. The van der Waals surface area contributed by atoms with Crippen molar-refractivity contribution in [2.75, 3.05) is 0 Å². The van der Waals surface area contributed by atoms with Crippen LogP contribution < -0.4 is 0 Å². The van der Waals surface area contributed by atoms with E-state index in [1.165, 1.54) is 27.5 Å². The number of fused-ring (bicyclic) bond motifs is 5. The van der Waals surface area contributed by atoms with E-state index in [1.807, 2.05) is 12.3 Å². The van der Waals surface area contributed by atoms with Crippen LogP contribution in [0.1, 0.15) is 11.1 Å². The summed E-state index contributed by atoms with van der Waals surface area (Å²) in [6.45, 7) is 4.26. The summed E-state index contributed by atoms with van der Waals surface area (Å²) in [4.78, 5) is 4.79. The molecule has 6 rings (SSSR count). The van der Waals surface area contributed by atoms with Gasteiger partial charge in [0.15, 0.2) is 0 Å². The standard InChI is InChI=1S/C29H21NO/c1-18-12-14-23(26-16-25(19(2)17-30-26)20-8-4-3-5-9-20)29-27(18)24-15-13-21-10-6-7-11-22(21)28(24)31-29/h3-17H,1-2H3. The largest absolute Gasteiger partial charge is 0.455 e. The third kappa shape index (κ3) is 2.76. The maximum Gasteiger partial charge on any atom is 0.145 e. The predicted octanol–water partition coefficient (Wildman–Crippen LogP) is 8.09. The van der Waals surface area contributed by atoms with Crippen LogP contribution in [0.2, 0.25) is 0 Å². The van der Waals surface area contributed by atoms with Crippen LogP contribution in [0.5, 0.6) is 0 Å². The van der Waals surface area contributed by atoms with Gasteiger partial charge in [0.1, 0.15) is 11.2 Å². The van der Waals surface area contributed by atoms with Gasteiger partial charge in [-0.3, -0.25) is 4.98 Å². The lowest BCUT2D eigenvalue weighted by molar-refractivity contribution is 0.673. The fraction of sp³-hybridized carbons (Fsp3) is 0.0690. The summed E-state index contributed by atoms with van der Waals surface area (Å²) in [6, 6.07) is 29.7. The fourth-order valence-corrected chi connectivity index (χ4v) is 4.58. The molecule has 0 spiro atoms. The first-order valence-corrected chi connectivity index (χ1v) is 10.6. The molecular weight excluding hydrogens is 378 g/mol. The molecular formula is C29H21NO. The number of pyridine rings is 1. The lowest BCUT2D eigenvalue weighted by Gasteiger charge is -2.10. The minimum absolute atomic E-state index is 0.904. The van der Waals surface area contributed by atoms with Gasteiger partial charge < -0.3 is 4.42 Å². The maximum atomic E-state index is 6.57. The molecule has 148 valence electrons. The molecule has 2 aromatic heterocycles. The number of rotatable bonds is 2. The molecule has 0 radical (unpaired) electrons. The molecule has 0 saturated carbocycles. The van der Waals surface area contributed by atoms with Crippen molar-refractivity contribution in [2.24, 2.45) is 0 Å². The molecule has 2 nitrogen and oxygen atoms in total. The lowest BCUT2D eigenvalue weighted by atomic mass is 9.97. The van der Waals surface area contributed by atoms with Crippen molar-refractivity contribution < 1.29 is 4.42 Å². The number of furan rings is 1. The monoisotopic (exact) mass is 399 g/mol. The first-order valence-electron chi connectivity index (χ1n) is 10.6. The molecule has 0 N–H and O–H groups in total.